The number of carboxylic acids is 2. The quantitative estimate of drug-likeness (QED) is 0.691. The number of carbonyl (C=O) groups is 2. The third-order valence-electron chi connectivity index (χ3n) is 1.88. The van der Waals surface area contributed by atoms with Crippen LogP contribution in [0.4, 0.5) is 0 Å². The van der Waals surface area contributed by atoms with E-state index in [4.69, 9.17) is 9.47 Å². The van der Waals surface area contributed by atoms with Gasteiger partial charge in [-0.2, -0.15) is 0 Å². The monoisotopic (exact) mass is 316 g/mol. The molecule has 0 saturated heterocycles. The molecule has 1 rings (SSSR count). The number of rotatable bonds is 6. The number of hydrogen-bond acceptors (Lipinski definition) is 6. The molecule has 1 aromatic rings. The zero-order chi connectivity index (χ0) is 13.7. The van der Waals surface area contributed by atoms with Crippen molar-refractivity contribution in [1.82, 2.24) is 0 Å². The fourth-order valence-electron chi connectivity index (χ4n) is 1.22. The molecule has 0 heterocycles. The first-order valence-corrected chi connectivity index (χ1v) is 5.75. The third kappa shape index (κ3) is 3.63. The van der Waals surface area contributed by atoms with Crippen LogP contribution in [0.2, 0.25) is 0 Å². The summed E-state index contributed by atoms with van der Waals surface area (Å²) in [6, 6.07) is 2.44. The molecule has 0 saturated carbocycles. The number of aliphatic carboxylic acids is 1. The van der Waals surface area contributed by atoms with Gasteiger partial charge in [0.1, 0.15) is 6.61 Å². The van der Waals surface area contributed by atoms with Gasteiger partial charge in [0.15, 0.2) is 11.5 Å². The Morgan fingerprint density at radius 2 is 1.94 bits per heavy atom. The normalized spacial score (nSPS) is 9.89. The highest BCUT2D eigenvalue weighted by Gasteiger charge is 2.12. The number of carbonyl (C=O) groups excluding carboxylic acids is 2. The van der Waals surface area contributed by atoms with E-state index in [1.165, 1.54) is 12.1 Å². The van der Waals surface area contributed by atoms with Gasteiger partial charge in [0.25, 0.3) is 0 Å². The molecule has 18 heavy (non-hydrogen) atoms. The molecule has 0 spiro atoms. The number of benzene rings is 1. The lowest BCUT2D eigenvalue weighted by atomic mass is 10.2. The molecule has 0 aliphatic heterocycles. The zero-order valence-electron chi connectivity index (χ0n) is 9.40. The molecule has 0 fully saturated rings. The first kappa shape index (κ1) is 14.3. The average molecular weight is 317 g/mol. The fraction of sp³-hybridized carbons (Fsp3) is 0.273. The Balaban J connectivity index is 3.13. The summed E-state index contributed by atoms with van der Waals surface area (Å²) in [5.74, 6) is -2.55. The van der Waals surface area contributed by atoms with Gasteiger partial charge in [-0.1, -0.05) is 0 Å². The Morgan fingerprint density at radius 1 is 1.28 bits per heavy atom. The molecule has 1 aromatic carbocycles. The highest BCUT2D eigenvalue weighted by molar-refractivity contribution is 9.10. The topological polar surface area (TPSA) is 98.7 Å². The summed E-state index contributed by atoms with van der Waals surface area (Å²) in [6.45, 7) is 1.30. The fourth-order valence-corrected chi connectivity index (χ4v) is 1.78. The molecule has 0 bridgehead atoms. The minimum Gasteiger partial charge on any atom is -0.546 e. The maximum absolute atomic E-state index is 10.8. The first-order chi connectivity index (χ1) is 8.45. The van der Waals surface area contributed by atoms with Crippen molar-refractivity contribution >= 4 is 27.9 Å². The van der Waals surface area contributed by atoms with E-state index in [9.17, 15) is 19.8 Å². The van der Waals surface area contributed by atoms with Crippen LogP contribution >= 0.6 is 15.9 Å². The van der Waals surface area contributed by atoms with Gasteiger partial charge >= 0.3 is 0 Å². The largest absolute Gasteiger partial charge is 0.546 e. The smallest absolute Gasteiger partial charge is 0.175 e. The second kappa shape index (κ2) is 6.25. The van der Waals surface area contributed by atoms with E-state index in [1.54, 1.807) is 6.92 Å². The summed E-state index contributed by atoms with van der Waals surface area (Å²) < 4.78 is 10.4. The standard InChI is InChI=1S/C11H11BrO6/c1-2-17-8-4-6(11(15)16)3-7(12)10(8)18-5-9(13)14/h3-4H,2,5H2,1H3,(H,13,14)(H,15,16)/p-2. The lowest BCUT2D eigenvalue weighted by Crippen LogP contribution is -2.29. The van der Waals surface area contributed by atoms with Crippen molar-refractivity contribution in [3.8, 4) is 11.5 Å². The summed E-state index contributed by atoms with van der Waals surface area (Å²) >= 11 is 3.08. The van der Waals surface area contributed by atoms with E-state index in [1.807, 2.05) is 0 Å². The van der Waals surface area contributed by atoms with Crippen LogP contribution in [0.5, 0.6) is 11.5 Å². The molecule has 0 unspecified atom stereocenters. The highest BCUT2D eigenvalue weighted by atomic mass is 79.9. The summed E-state index contributed by atoms with van der Waals surface area (Å²) in [4.78, 5) is 21.1. The summed E-state index contributed by atoms with van der Waals surface area (Å²) in [5.41, 5.74) is -0.105. The van der Waals surface area contributed by atoms with Crippen LogP contribution in [0.25, 0.3) is 0 Å². The lowest BCUT2D eigenvalue weighted by molar-refractivity contribution is -0.307. The number of ether oxygens (including phenoxy) is 2. The van der Waals surface area contributed by atoms with E-state index < -0.39 is 18.5 Å². The Hall–Kier alpha value is -1.76. The van der Waals surface area contributed by atoms with E-state index in [2.05, 4.69) is 15.9 Å². The highest BCUT2D eigenvalue weighted by Crippen LogP contribution is 2.36. The Labute approximate surface area is 111 Å². The van der Waals surface area contributed by atoms with E-state index in [-0.39, 0.29) is 28.1 Å². The van der Waals surface area contributed by atoms with Gasteiger partial charge < -0.3 is 29.3 Å². The molecule has 0 N–H and O–H groups in total. The first-order valence-electron chi connectivity index (χ1n) is 4.96. The summed E-state index contributed by atoms with van der Waals surface area (Å²) in [6.07, 6.45) is 0. The number of hydrogen-bond donors (Lipinski definition) is 0. The minimum atomic E-state index is -1.40. The van der Waals surface area contributed by atoms with E-state index >= 15 is 0 Å². The van der Waals surface area contributed by atoms with Crippen molar-refractivity contribution < 1.29 is 29.3 Å². The Morgan fingerprint density at radius 3 is 2.44 bits per heavy atom. The summed E-state index contributed by atoms with van der Waals surface area (Å²) in [7, 11) is 0. The van der Waals surface area contributed by atoms with Crippen LogP contribution in [-0.2, 0) is 4.79 Å². The van der Waals surface area contributed by atoms with Crippen LogP contribution in [0.1, 0.15) is 17.3 Å². The maximum Gasteiger partial charge on any atom is 0.175 e. The zero-order valence-corrected chi connectivity index (χ0v) is 11.0. The van der Waals surface area contributed by atoms with Gasteiger partial charge in [-0.05, 0) is 35.0 Å². The van der Waals surface area contributed by atoms with Crippen molar-refractivity contribution in [2.75, 3.05) is 13.2 Å². The molecular formula is C11H9BrO6-2. The van der Waals surface area contributed by atoms with Crippen molar-refractivity contribution in [2.45, 2.75) is 6.92 Å². The average Bonchev–Trinajstić information content (AvgIpc) is 2.27. The Bertz CT molecular complexity index is 471. The van der Waals surface area contributed by atoms with Gasteiger partial charge in [-0.3, -0.25) is 0 Å². The molecule has 0 aliphatic carbocycles. The number of carboxylic acid groups (broad SMARTS) is 2. The van der Waals surface area contributed by atoms with Crippen LogP contribution in [0.3, 0.4) is 0 Å². The van der Waals surface area contributed by atoms with Crippen LogP contribution in [0, 0.1) is 0 Å². The molecule has 6 nitrogen and oxygen atoms in total. The molecule has 0 aliphatic rings. The molecular weight excluding hydrogens is 308 g/mol. The molecule has 98 valence electrons. The third-order valence-corrected chi connectivity index (χ3v) is 2.47. The number of aromatic carboxylic acids is 1. The van der Waals surface area contributed by atoms with Gasteiger partial charge in [0, 0.05) is 5.56 Å². The van der Waals surface area contributed by atoms with Gasteiger partial charge in [-0.15, -0.1) is 0 Å². The molecule has 0 aromatic heterocycles. The summed E-state index contributed by atoms with van der Waals surface area (Å²) in [5, 5.41) is 21.1. The van der Waals surface area contributed by atoms with Gasteiger partial charge in [-0.25, -0.2) is 0 Å². The molecule has 0 radical (unpaired) electrons. The SMILES string of the molecule is CCOc1cc(C(=O)[O-])cc(Br)c1OCC(=O)[O-]. The van der Waals surface area contributed by atoms with Gasteiger partial charge in [0.05, 0.1) is 23.0 Å². The lowest BCUT2D eigenvalue weighted by Gasteiger charge is -2.16. The van der Waals surface area contributed by atoms with Gasteiger partial charge in [0.2, 0.25) is 0 Å². The molecule has 0 amide bonds. The van der Waals surface area contributed by atoms with Crippen molar-refractivity contribution in [1.29, 1.82) is 0 Å². The van der Waals surface area contributed by atoms with Crippen molar-refractivity contribution in [3.63, 3.8) is 0 Å². The predicted octanol–water partition coefficient (Wildman–Crippen LogP) is -0.660. The maximum atomic E-state index is 10.8. The van der Waals surface area contributed by atoms with Crippen LogP contribution in [0.15, 0.2) is 16.6 Å². The Kier molecular flexibility index (Phi) is 4.96. The molecule has 0 atom stereocenters. The van der Waals surface area contributed by atoms with E-state index in [0.717, 1.165) is 0 Å². The van der Waals surface area contributed by atoms with Crippen LogP contribution in [-0.4, -0.2) is 25.2 Å². The number of halogens is 1. The van der Waals surface area contributed by atoms with Crippen molar-refractivity contribution in [3.05, 3.63) is 22.2 Å². The molecule has 7 heteroatoms. The second-order valence-electron chi connectivity index (χ2n) is 3.17. The van der Waals surface area contributed by atoms with E-state index in [0.29, 0.717) is 0 Å². The second-order valence-corrected chi connectivity index (χ2v) is 4.02. The van der Waals surface area contributed by atoms with Crippen molar-refractivity contribution in [2.24, 2.45) is 0 Å². The van der Waals surface area contributed by atoms with Crippen LogP contribution < -0.4 is 19.7 Å². The minimum absolute atomic E-state index is 0.103. The predicted molar refractivity (Wildman–Crippen MR) is 60.1 cm³/mol.